The van der Waals surface area contributed by atoms with Gasteiger partial charge in [-0.3, -0.25) is 19.2 Å². The summed E-state index contributed by atoms with van der Waals surface area (Å²) >= 11 is 6.54. The van der Waals surface area contributed by atoms with Gasteiger partial charge in [-0.25, -0.2) is 4.79 Å². The van der Waals surface area contributed by atoms with Gasteiger partial charge < -0.3 is 15.6 Å². The molecule has 0 radical (unpaired) electrons. The molecule has 3 aromatic rings. The zero-order valence-electron chi connectivity index (χ0n) is 24.7. The van der Waals surface area contributed by atoms with Crippen LogP contribution in [0.1, 0.15) is 35.4 Å². The highest BCUT2D eigenvalue weighted by atomic mass is 35.5. The number of methoxy groups -OCH3 is 1. The Kier molecular flexibility index (Phi) is 6.97. The number of ketones is 2. The molecule has 7 rings (SSSR count). The Morgan fingerprint density at radius 1 is 0.978 bits per heavy atom. The third-order valence-electron chi connectivity index (χ3n) is 10.2. The SMILES string of the molecule is COc1cc(C2C3=CCC4C(=O)N(C(N)=O)C(=O)C4C3CC3C(=O)C(c4ccccc4)=CC(=O)C32c2ccccc2)cc(Cl)c1O. The van der Waals surface area contributed by atoms with Crippen molar-refractivity contribution in [3.63, 3.8) is 0 Å². The quantitative estimate of drug-likeness (QED) is 0.304. The summed E-state index contributed by atoms with van der Waals surface area (Å²) in [5.74, 6) is -6.48. The van der Waals surface area contributed by atoms with Crippen LogP contribution in [0.4, 0.5) is 4.79 Å². The smallest absolute Gasteiger partial charge is 0.328 e. The summed E-state index contributed by atoms with van der Waals surface area (Å²) in [7, 11) is 1.38. The Balaban J connectivity index is 1.54. The maximum Gasteiger partial charge on any atom is 0.328 e. The van der Waals surface area contributed by atoms with Gasteiger partial charge in [-0.05, 0) is 53.7 Å². The molecule has 6 atom stereocenters. The van der Waals surface area contributed by atoms with E-state index in [4.69, 9.17) is 22.1 Å². The number of hydrogen-bond donors (Lipinski definition) is 2. The number of phenols is 1. The van der Waals surface area contributed by atoms with E-state index in [9.17, 15) is 29.1 Å². The zero-order chi connectivity index (χ0) is 32.5. The monoisotopic (exact) mass is 636 g/mol. The first-order valence-electron chi connectivity index (χ1n) is 15.0. The van der Waals surface area contributed by atoms with E-state index in [0.717, 1.165) is 0 Å². The highest BCUT2D eigenvalue weighted by Gasteiger charge is 2.66. The molecule has 1 saturated heterocycles. The number of amides is 4. The van der Waals surface area contributed by atoms with Gasteiger partial charge >= 0.3 is 6.03 Å². The number of hydrogen-bond acceptors (Lipinski definition) is 7. The molecule has 1 aliphatic heterocycles. The fourth-order valence-electron chi connectivity index (χ4n) is 8.38. The summed E-state index contributed by atoms with van der Waals surface area (Å²) in [5, 5.41) is 10.6. The summed E-state index contributed by atoms with van der Waals surface area (Å²) in [5.41, 5.74) is 6.61. The van der Waals surface area contributed by atoms with Gasteiger partial charge in [0.1, 0.15) is 0 Å². The van der Waals surface area contributed by atoms with Crippen molar-refractivity contribution < 1.29 is 33.8 Å². The van der Waals surface area contributed by atoms with Crippen LogP contribution in [0.2, 0.25) is 5.02 Å². The second kappa shape index (κ2) is 10.8. The van der Waals surface area contributed by atoms with Crippen molar-refractivity contribution in [2.24, 2.45) is 29.4 Å². The Morgan fingerprint density at radius 2 is 1.65 bits per heavy atom. The number of Topliss-reactive ketones (excluding diaryl/α,β-unsaturated/α-hetero) is 1. The van der Waals surface area contributed by atoms with Crippen molar-refractivity contribution in [3.8, 4) is 11.5 Å². The number of aromatic hydroxyl groups is 1. The number of urea groups is 1. The van der Waals surface area contributed by atoms with E-state index in [1.54, 1.807) is 48.5 Å². The number of imide groups is 3. The minimum atomic E-state index is -1.48. The number of nitrogens with two attached hydrogens (primary N) is 1. The molecular formula is C36H29ClN2O7. The number of halogens is 1. The Hall–Kier alpha value is -5.02. The van der Waals surface area contributed by atoms with E-state index < -0.39 is 52.8 Å². The molecule has 9 nitrogen and oxygen atoms in total. The molecule has 4 aliphatic rings. The Morgan fingerprint density at radius 3 is 2.30 bits per heavy atom. The van der Waals surface area contributed by atoms with Gasteiger partial charge in [-0.2, -0.15) is 4.90 Å². The standard InChI is InChI=1S/C36H29ClN2O7/c1-46-27-15-19(14-26(37)32(27)42)30-21-12-13-22-29(34(44)39(33(22)43)35(38)45)24(21)16-25-31(41)23(18-8-4-2-5-9-18)17-28(40)36(25,30)20-10-6-3-7-11-20/h2-12,14-15,17,22,24-25,29-30,42H,13,16H2,1H3,(H2,38,45). The number of phenolic OH excluding ortho intramolecular Hbond substituents is 1. The largest absolute Gasteiger partial charge is 0.503 e. The van der Waals surface area contributed by atoms with Crippen molar-refractivity contribution >= 4 is 46.6 Å². The lowest BCUT2D eigenvalue weighted by Crippen LogP contribution is -2.58. The number of carbonyl (C=O) groups is 5. The summed E-state index contributed by atoms with van der Waals surface area (Å²) in [6.07, 6.45) is 3.47. The van der Waals surface area contributed by atoms with Gasteiger partial charge in [-0.15, -0.1) is 0 Å². The van der Waals surface area contributed by atoms with Crippen molar-refractivity contribution in [2.75, 3.05) is 7.11 Å². The predicted molar refractivity (Wildman–Crippen MR) is 168 cm³/mol. The van der Waals surface area contributed by atoms with Crippen LogP contribution in [0.5, 0.6) is 11.5 Å². The highest BCUT2D eigenvalue weighted by Crippen LogP contribution is 2.64. The normalized spacial score (nSPS) is 28.6. The van der Waals surface area contributed by atoms with Crippen LogP contribution in [-0.2, 0) is 24.6 Å². The molecule has 0 bridgehead atoms. The fourth-order valence-corrected chi connectivity index (χ4v) is 8.60. The highest BCUT2D eigenvalue weighted by molar-refractivity contribution is 6.33. The van der Waals surface area contributed by atoms with Gasteiger partial charge in [0.2, 0.25) is 11.8 Å². The number of fused-ring (bicyclic) bond motifs is 4. The molecule has 46 heavy (non-hydrogen) atoms. The lowest BCUT2D eigenvalue weighted by Gasteiger charge is -2.55. The van der Waals surface area contributed by atoms with Gasteiger partial charge in [0.25, 0.3) is 0 Å². The molecule has 232 valence electrons. The minimum Gasteiger partial charge on any atom is -0.503 e. The number of carbonyl (C=O) groups excluding carboxylic acids is 5. The summed E-state index contributed by atoms with van der Waals surface area (Å²) in [6.45, 7) is 0. The topological polar surface area (TPSA) is 144 Å². The molecule has 3 aliphatic carbocycles. The average Bonchev–Trinajstić information content (AvgIpc) is 3.33. The van der Waals surface area contributed by atoms with Gasteiger partial charge in [0, 0.05) is 17.4 Å². The summed E-state index contributed by atoms with van der Waals surface area (Å²) < 4.78 is 5.46. The first-order valence-corrected chi connectivity index (χ1v) is 15.3. The van der Waals surface area contributed by atoms with E-state index >= 15 is 0 Å². The molecule has 0 spiro atoms. The van der Waals surface area contributed by atoms with Crippen LogP contribution in [0.3, 0.4) is 0 Å². The van der Waals surface area contributed by atoms with Crippen molar-refractivity contribution in [3.05, 3.63) is 112 Å². The van der Waals surface area contributed by atoms with E-state index in [0.29, 0.717) is 27.2 Å². The fraction of sp³-hybridized carbons (Fsp3) is 0.250. The number of primary amides is 1. The lowest BCUT2D eigenvalue weighted by molar-refractivity contribution is -0.137. The van der Waals surface area contributed by atoms with Gasteiger partial charge in [0.05, 0.1) is 29.4 Å². The van der Waals surface area contributed by atoms with Crippen LogP contribution in [0.15, 0.2) is 90.5 Å². The first-order chi connectivity index (χ1) is 22.1. The van der Waals surface area contributed by atoms with Crippen molar-refractivity contribution in [1.82, 2.24) is 4.90 Å². The maximum absolute atomic E-state index is 15.0. The van der Waals surface area contributed by atoms with E-state index in [2.05, 4.69) is 0 Å². The van der Waals surface area contributed by atoms with Crippen LogP contribution in [-0.4, -0.2) is 46.5 Å². The van der Waals surface area contributed by atoms with Crippen LogP contribution >= 0.6 is 11.6 Å². The lowest BCUT2D eigenvalue weighted by atomic mass is 9.44. The molecule has 1 saturated carbocycles. The molecular weight excluding hydrogens is 608 g/mol. The minimum absolute atomic E-state index is 0.0207. The van der Waals surface area contributed by atoms with Crippen LogP contribution in [0.25, 0.3) is 5.57 Å². The molecule has 3 aromatic carbocycles. The Bertz CT molecular complexity index is 1900. The second-order valence-corrected chi connectivity index (χ2v) is 12.6. The number of allylic oxidation sites excluding steroid dienone is 4. The summed E-state index contributed by atoms with van der Waals surface area (Å²) in [4.78, 5) is 69.6. The molecule has 10 heteroatoms. The van der Waals surface area contributed by atoms with Crippen LogP contribution in [0, 0.1) is 23.7 Å². The molecule has 6 unspecified atom stereocenters. The number of nitrogens with zero attached hydrogens (tertiary/aromatic N) is 1. The molecule has 2 fully saturated rings. The third kappa shape index (κ3) is 4.04. The van der Waals surface area contributed by atoms with Crippen molar-refractivity contribution in [1.29, 1.82) is 0 Å². The predicted octanol–water partition coefficient (Wildman–Crippen LogP) is 4.96. The number of rotatable bonds is 4. The number of ether oxygens (including phenoxy) is 1. The van der Waals surface area contributed by atoms with Gasteiger partial charge in [-0.1, -0.05) is 83.9 Å². The number of benzene rings is 3. The second-order valence-electron chi connectivity index (χ2n) is 12.2. The van der Waals surface area contributed by atoms with E-state index in [1.165, 1.54) is 13.2 Å². The van der Waals surface area contributed by atoms with Crippen molar-refractivity contribution in [2.45, 2.75) is 24.2 Å². The molecule has 1 heterocycles. The zero-order valence-corrected chi connectivity index (χ0v) is 25.4. The molecule has 3 N–H and O–H groups in total. The molecule has 4 amide bonds. The number of likely N-dealkylation sites (tertiary alicyclic amines) is 1. The van der Waals surface area contributed by atoms with Gasteiger partial charge in [0.15, 0.2) is 23.1 Å². The summed E-state index contributed by atoms with van der Waals surface area (Å²) in [6, 6.07) is 20.0. The Labute approximate surface area is 269 Å². The van der Waals surface area contributed by atoms with E-state index in [1.807, 2.05) is 30.3 Å². The maximum atomic E-state index is 15.0. The van der Waals surface area contributed by atoms with E-state index in [-0.39, 0.29) is 46.5 Å². The first kappa shape index (κ1) is 29.7. The third-order valence-corrected chi connectivity index (χ3v) is 10.5. The molecule has 0 aromatic heterocycles. The van der Waals surface area contributed by atoms with Crippen LogP contribution < -0.4 is 10.5 Å². The average molecular weight is 637 g/mol.